The van der Waals surface area contributed by atoms with Crippen LogP contribution in [0.15, 0.2) is 188 Å². The summed E-state index contributed by atoms with van der Waals surface area (Å²) >= 11 is 0. The average Bonchev–Trinajstić information content (AvgIpc) is 3.77. The predicted octanol–water partition coefficient (Wildman–Crippen LogP) is 13.5. The van der Waals surface area contributed by atoms with Gasteiger partial charge in [0.15, 0.2) is 0 Å². The van der Waals surface area contributed by atoms with E-state index in [-0.39, 0.29) is 5.41 Å². The third-order valence-electron chi connectivity index (χ3n) is 12.3. The summed E-state index contributed by atoms with van der Waals surface area (Å²) in [4.78, 5) is 2.46. The molecule has 0 radical (unpaired) electrons. The second-order valence-electron chi connectivity index (χ2n) is 15.3. The second-order valence-corrected chi connectivity index (χ2v) is 15.3. The van der Waals surface area contributed by atoms with E-state index in [0.29, 0.717) is 0 Å². The summed E-state index contributed by atoms with van der Waals surface area (Å²) in [5.74, 6) is 0. The van der Waals surface area contributed by atoms with Gasteiger partial charge in [-0.1, -0.05) is 166 Å². The predicted molar refractivity (Wildman–Crippen MR) is 220 cm³/mol. The van der Waals surface area contributed by atoms with Crippen molar-refractivity contribution >= 4 is 17.1 Å². The van der Waals surface area contributed by atoms with E-state index in [0.717, 1.165) is 17.1 Å². The number of hydrogen-bond donors (Lipinski definition) is 0. The van der Waals surface area contributed by atoms with E-state index in [9.17, 15) is 0 Å². The molecule has 0 aromatic heterocycles. The first-order valence-corrected chi connectivity index (χ1v) is 18.7. The Morgan fingerprint density at radius 2 is 0.717 bits per heavy atom. The lowest BCUT2D eigenvalue weighted by Crippen LogP contribution is -2.26. The molecule has 11 rings (SSSR count). The zero-order valence-electron chi connectivity index (χ0n) is 29.8. The molecule has 0 unspecified atom stereocenters. The van der Waals surface area contributed by atoms with E-state index in [1.165, 1.54) is 77.9 Å². The smallest absolute Gasteiger partial charge is 0.0726 e. The van der Waals surface area contributed by atoms with Crippen molar-refractivity contribution in [1.82, 2.24) is 0 Å². The number of rotatable bonds is 4. The highest BCUT2D eigenvalue weighted by atomic mass is 15.1. The fourth-order valence-electron chi connectivity index (χ4n) is 9.95. The minimum Gasteiger partial charge on any atom is -0.310 e. The quantitative estimate of drug-likeness (QED) is 0.179. The molecule has 1 spiro atoms. The molecule has 3 aliphatic carbocycles. The van der Waals surface area contributed by atoms with Crippen LogP contribution in [0.3, 0.4) is 0 Å². The van der Waals surface area contributed by atoms with Crippen molar-refractivity contribution in [3.63, 3.8) is 0 Å². The maximum atomic E-state index is 2.49. The molecule has 3 aliphatic rings. The van der Waals surface area contributed by atoms with Crippen molar-refractivity contribution in [3.8, 4) is 44.5 Å². The van der Waals surface area contributed by atoms with Gasteiger partial charge >= 0.3 is 0 Å². The van der Waals surface area contributed by atoms with Crippen LogP contribution in [0.1, 0.15) is 47.2 Å². The van der Waals surface area contributed by atoms with Crippen molar-refractivity contribution < 1.29 is 0 Å². The normalized spacial score (nSPS) is 14.5. The van der Waals surface area contributed by atoms with Gasteiger partial charge in [-0.3, -0.25) is 0 Å². The zero-order valence-corrected chi connectivity index (χ0v) is 29.8. The van der Waals surface area contributed by atoms with Gasteiger partial charge in [0, 0.05) is 22.5 Å². The monoisotopic (exact) mass is 675 g/mol. The highest BCUT2D eigenvalue weighted by Crippen LogP contribution is 2.63. The first-order chi connectivity index (χ1) is 26.0. The first kappa shape index (κ1) is 30.2. The Morgan fingerprint density at radius 1 is 0.302 bits per heavy atom. The van der Waals surface area contributed by atoms with Crippen molar-refractivity contribution in [2.24, 2.45) is 0 Å². The summed E-state index contributed by atoms with van der Waals surface area (Å²) < 4.78 is 0. The van der Waals surface area contributed by atoms with Gasteiger partial charge in [0.2, 0.25) is 0 Å². The van der Waals surface area contributed by atoms with Gasteiger partial charge in [0.05, 0.1) is 5.41 Å². The van der Waals surface area contributed by atoms with Gasteiger partial charge in [-0.2, -0.15) is 0 Å². The molecule has 1 nitrogen and oxygen atoms in total. The van der Waals surface area contributed by atoms with Crippen LogP contribution in [0.4, 0.5) is 17.1 Å². The minimum atomic E-state index is -0.404. The SMILES string of the molecule is CC1(C)c2ccccc2-c2cc(N(c3ccc(-c4ccccc4)cc3)c3ccc4c(c3)C3(c5ccccc5-c5ccccc53)c3ccccc3-4)ccc21. The average molecular weight is 676 g/mol. The molecular formula is C52H37N. The van der Waals surface area contributed by atoms with Crippen LogP contribution in [-0.2, 0) is 10.8 Å². The Kier molecular flexibility index (Phi) is 6.29. The highest BCUT2D eigenvalue weighted by Gasteiger charge is 2.51. The molecule has 8 aromatic rings. The maximum Gasteiger partial charge on any atom is 0.0726 e. The third kappa shape index (κ3) is 4.08. The Hall–Kier alpha value is -6.44. The molecule has 53 heavy (non-hydrogen) atoms. The van der Waals surface area contributed by atoms with Crippen LogP contribution in [0.5, 0.6) is 0 Å². The number of anilines is 3. The van der Waals surface area contributed by atoms with Gasteiger partial charge < -0.3 is 4.90 Å². The van der Waals surface area contributed by atoms with Gasteiger partial charge in [-0.05, 0) is 114 Å². The van der Waals surface area contributed by atoms with Crippen LogP contribution < -0.4 is 4.90 Å². The molecule has 0 amide bonds. The molecule has 0 saturated heterocycles. The van der Waals surface area contributed by atoms with Crippen molar-refractivity contribution in [2.45, 2.75) is 24.7 Å². The van der Waals surface area contributed by atoms with Gasteiger partial charge in [0.25, 0.3) is 0 Å². The molecule has 0 fully saturated rings. The van der Waals surface area contributed by atoms with E-state index in [1.54, 1.807) is 0 Å². The fourth-order valence-corrected chi connectivity index (χ4v) is 9.95. The molecule has 0 bridgehead atoms. The van der Waals surface area contributed by atoms with Crippen LogP contribution in [0, 0.1) is 0 Å². The van der Waals surface area contributed by atoms with E-state index >= 15 is 0 Å². The van der Waals surface area contributed by atoms with Gasteiger partial charge in [-0.25, -0.2) is 0 Å². The Balaban J connectivity index is 1.16. The molecular weight excluding hydrogens is 639 g/mol. The molecule has 0 atom stereocenters. The summed E-state index contributed by atoms with van der Waals surface area (Å²) in [6, 6.07) is 70.1. The number of benzene rings is 8. The van der Waals surface area contributed by atoms with Crippen molar-refractivity contribution in [1.29, 1.82) is 0 Å². The Labute approximate surface area is 311 Å². The zero-order chi connectivity index (χ0) is 35.3. The van der Waals surface area contributed by atoms with E-state index < -0.39 is 5.41 Å². The Morgan fingerprint density at radius 3 is 1.32 bits per heavy atom. The van der Waals surface area contributed by atoms with Crippen LogP contribution in [-0.4, -0.2) is 0 Å². The maximum absolute atomic E-state index is 2.49. The summed E-state index contributed by atoms with van der Waals surface area (Å²) in [6.45, 7) is 4.71. The molecule has 0 heterocycles. The number of fused-ring (bicyclic) bond motifs is 13. The van der Waals surface area contributed by atoms with Crippen molar-refractivity contribution in [3.05, 3.63) is 221 Å². The second kappa shape index (κ2) is 11.0. The topological polar surface area (TPSA) is 3.24 Å². The summed E-state index contributed by atoms with van der Waals surface area (Å²) in [5.41, 5.74) is 21.5. The number of hydrogen-bond acceptors (Lipinski definition) is 1. The van der Waals surface area contributed by atoms with Gasteiger partial charge in [-0.15, -0.1) is 0 Å². The fraction of sp³-hybridized carbons (Fsp3) is 0.0769. The van der Waals surface area contributed by atoms with Crippen LogP contribution in [0.2, 0.25) is 0 Å². The molecule has 8 aromatic carbocycles. The molecule has 250 valence electrons. The minimum absolute atomic E-state index is 0.0540. The highest BCUT2D eigenvalue weighted by molar-refractivity contribution is 5.96. The lowest BCUT2D eigenvalue weighted by Gasteiger charge is -2.32. The molecule has 0 aliphatic heterocycles. The first-order valence-electron chi connectivity index (χ1n) is 18.7. The molecule has 0 saturated carbocycles. The summed E-state index contributed by atoms with van der Waals surface area (Å²) in [6.07, 6.45) is 0. The Bertz CT molecular complexity index is 2690. The van der Waals surface area contributed by atoms with Gasteiger partial charge in [0.1, 0.15) is 0 Å². The molecule has 0 N–H and O–H groups in total. The summed E-state index contributed by atoms with van der Waals surface area (Å²) in [7, 11) is 0. The molecule has 1 heteroatoms. The van der Waals surface area contributed by atoms with Crippen LogP contribution >= 0.6 is 0 Å². The lowest BCUT2D eigenvalue weighted by atomic mass is 9.70. The summed E-state index contributed by atoms with van der Waals surface area (Å²) in [5, 5.41) is 0. The third-order valence-corrected chi connectivity index (χ3v) is 12.3. The largest absolute Gasteiger partial charge is 0.310 e. The van der Waals surface area contributed by atoms with E-state index in [2.05, 4.69) is 207 Å². The lowest BCUT2D eigenvalue weighted by molar-refractivity contribution is 0.660. The van der Waals surface area contributed by atoms with Crippen molar-refractivity contribution in [2.75, 3.05) is 4.90 Å². The standard InChI is InChI=1S/C52H37N/c1-51(2)45-20-10-6-19-42(45)44-32-37(29-31-46(44)51)53(36-26-24-35(25-27-36)34-14-4-3-5-15-34)38-28-30-43-41-18-9-13-23-49(41)52(50(43)33-38)47-21-11-7-16-39(47)40-17-8-12-22-48(40)52/h3-33H,1-2H3. The van der Waals surface area contributed by atoms with E-state index in [1.807, 2.05) is 0 Å². The number of nitrogens with zero attached hydrogens (tertiary/aromatic N) is 1. The van der Waals surface area contributed by atoms with Crippen LogP contribution in [0.25, 0.3) is 44.5 Å². The van der Waals surface area contributed by atoms with E-state index in [4.69, 9.17) is 0 Å².